The number of rotatable bonds is 3. The molecule has 1 amide bonds. The highest BCUT2D eigenvalue weighted by molar-refractivity contribution is 6.31. The number of fused-ring (bicyclic) bond motifs is 1. The Morgan fingerprint density at radius 2 is 1.96 bits per heavy atom. The lowest BCUT2D eigenvalue weighted by molar-refractivity contribution is 0.0995. The van der Waals surface area contributed by atoms with Crippen LogP contribution in [0.4, 0.5) is 10.1 Å². The topological polar surface area (TPSA) is 81.2 Å². The van der Waals surface area contributed by atoms with Crippen LogP contribution in [-0.4, -0.2) is 22.3 Å². The van der Waals surface area contributed by atoms with Gasteiger partial charge in [0.05, 0.1) is 10.5 Å². The summed E-state index contributed by atoms with van der Waals surface area (Å²) in [7, 11) is 0. The zero-order valence-corrected chi connectivity index (χ0v) is 12.5. The number of hydrogen-bond acceptors (Lipinski definition) is 4. The van der Waals surface area contributed by atoms with Gasteiger partial charge in [0, 0.05) is 11.6 Å². The van der Waals surface area contributed by atoms with E-state index >= 15 is 0 Å². The number of aliphatic imine (C=N–C) groups is 1. The highest BCUT2D eigenvalue weighted by Gasteiger charge is 2.16. The molecule has 0 aliphatic rings. The number of nitrogens with two attached hydrogens (primary N) is 1. The van der Waals surface area contributed by atoms with Crippen molar-refractivity contribution in [3.05, 3.63) is 64.6 Å². The Morgan fingerprint density at radius 1 is 1.22 bits per heavy atom. The molecule has 0 unspecified atom stereocenters. The molecule has 2 aromatic carbocycles. The Hall–Kier alpha value is -2.86. The van der Waals surface area contributed by atoms with Gasteiger partial charge in [-0.3, -0.25) is 9.79 Å². The number of benzene rings is 2. The van der Waals surface area contributed by atoms with E-state index in [1.165, 1.54) is 12.3 Å². The van der Waals surface area contributed by atoms with Crippen LogP contribution in [0.15, 0.2) is 47.5 Å². The molecule has 0 fully saturated rings. The van der Waals surface area contributed by atoms with E-state index in [0.29, 0.717) is 10.9 Å². The van der Waals surface area contributed by atoms with Gasteiger partial charge in [-0.05, 0) is 17.7 Å². The van der Waals surface area contributed by atoms with Gasteiger partial charge in [0.25, 0.3) is 5.91 Å². The van der Waals surface area contributed by atoms with Gasteiger partial charge >= 0.3 is 0 Å². The zero-order chi connectivity index (χ0) is 16.4. The van der Waals surface area contributed by atoms with E-state index in [1.54, 1.807) is 0 Å². The third-order valence-corrected chi connectivity index (χ3v) is 3.44. The van der Waals surface area contributed by atoms with Crippen molar-refractivity contribution in [2.75, 3.05) is 0 Å². The van der Waals surface area contributed by atoms with E-state index in [2.05, 4.69) is 15.2 Å². The zero-order valence-electron chi connectivity index (χ0n) is 11.7. The first-order valence-electron chi connectivity index (χ1n) is 6.60. The normalized spacial score (nSPS) is 11.2. The van der Waals surface area contributed by atoms with Crippen LogP contribution in [0.25, 0.3) is 10.9 Å². The first kappa shape index (κ1) is 15.1. The molecular formula is C16H10ClFN4O. The quantitative estimate of drug-likeness (QED) is 0.749. The fourth-order valence-corrected chi connectivity index (χ4v) is 2.22. The summed E-state index contributed by atoms with van der Waals surface area (Å²) < 4.78 is 13.8. The molecule has 0 aliphatic carbocycles. The molecule has 7 heteroatoms. The molecule has 1 heterocycles. The molecule has 3 rings (SSSR count). The molecule has 5 nitrogen and oxygen atoms in total. The van der Waals surface area contributed by atoms with E-state index in [-0.39, 0.29) is 16.4 Å². The summed E-state index contributed by atoms with van der Waals surface area (Å²) in [5.41, 5.74) is 6.46. The molecule has 3 aromatic rings. The lowest BCUT2D eigenvalue weighted by atomic mass is 10.1. The molecule has 0 radical (unpaired) electrons. The predicted molar refractivity (Wildman–Crippen MR) is 86.7 cm³/mol. The van der Waals surface area contributed by atoms with Crippen molar-refractivity contribution in [1.29, 1.82) is 0 Å². The number of halogens is 2. The number of carbonyl (C=O) groups is 1. The van der Waals surface area contributed by atoms with E-state index in [1.807, 2.05) is 30.3 Å². The molecule has 0 spiro atoms. The Kier molecular flexibility index (Phi) is 3.99. The van der Waals surface area contributed by atoms with Gasteiger partial charge < -0.3 is 5.73 Å². The molecule has 0 saturated heterocycles. The smallest absolute Gasteiger partial charge is 0.271 e. The van der Waals surface area contributed by atoms with Crippen LogP contribution in [0.2, 0.25) is 5.02 Å². The number of hydrogen-bond donors (Lipinski definition) is 1. The van der Waals surface area contributed by atoms with Gasteiger partial charge in [-0.25, -0.2) is 4.39 Å². The maximum atomic E-state index is 13.8. The maximum absolute atomic E-state index is 13.8. The maximum Gasteiger partial charge on any atom is 0.271 e. The van der Waals surface area contributed by atoms with Crippen molar-refractivity contribution in [3.63, 3.8) is 0 Å². The molecule has 2 N–H and O–H groups in total. The molecule has 1 aromatic heterocycles. The number of nitrogens with zero attached hydrogens (tertiary/aromatic N) is 3. The third kappa shape index (κ3) is 3.02. The average Bonchev–Trinajstić information content (AvgIpc) is 2.54. The highest BCUT2D eigenvalue weighted by atomic mass is 35.5. The van der Waals surface area contributed by atoms with E-state index in [4.69, 9.17) is 17.3 Å². The number of aromatic nitrogens is 2. The van der Waals surface area contributed by atoms with E-state index in [9.17, 15) is 9.18 Å². The van der Waals surface area contributed by atoms with E-state index in [0.717, 1.165) is 11.6 Å². The second-order valence-corrected chi connectivity index (χ2v) is 5.12. The van der Waals surface area contributed by atoms with Gasteiger partial charge in [-0.2, -0.15) is 0 Å². The van der Waals surface area contributed by atoms with Crippen LogP contribution in [-0.2, 0) is 0 Å². The standard InChI is InChI=1S/C16H10ClFN4O/c17-11-7-13-10(6-12(11)18)14(15(16(19)23)22-21-13)20-8-9-4-2-1-3-5-9/h1-8H,(H2,19,23). The van der Waals surface area contributed by atoms with Gasteiger partial charge in [-0.15, -0.1) is 10.2 Å². The van der Waals surface area contributed by atoms with Crippen molar-refractivity contribution in [1.82, 2.24) is 10.2 Å². The minimum atomic E-state index is -0.796. The van der Waals surface area contributed by atoms with Gasteiger partial charge in [0.2, 0.25) is 0 Å². The van der Waals surface area contributed by atoms with Crippen LogP contribution in [0.5, 0.6) is 0 Å². The van der Waals surface area contributed by atoms with Gasteiger partial charge in [0.15, 0.2) is 5.69 Å². The molecule has 0 atom stereocenters. The molecule has 0 bridgehead atoms. The van der Waals surface area contributed by atoms with Crippen LogP contribution >= 0.6 is 11.6 Å². The monoisotopic (exact) mass is 328 g/mol. The summed E-state index contributed by atoms with van der Waals surface area (Å²) >= 11 is 5.74. The van der Waals surface area contributed by atoms with Crippen LogP contribution in [0, 0.1) is 5.82 Å². The molecule has 114 valence electrons. The molecule has 23 heavy (non-hydrogen) atoms. The van der Waals surface area contributed by atoms with Gasteiger partial charge in [0.1, 0.15) is 11.5 Å². The Morgan fingerprint density at radius 3 is 2.65 bits per heavy atom. The summed E-state index contributed by atoms with van der Waals surface area (Å²) in [6.07, 6.45) is 1.54. The van der Waals surface area contributed by atoms with Crippen molar-refractivity contribution >= 4 is 40.3 Å². The SMILES string of the molecule is NC(=O)c1nnc2cc(Cl)c(F)cc2c1N=Cc1ccccc1. The molecule has 0 saturated carbocycles. The van der Waals surface area contributed by atoms with Crippen molar-refractivity contribution in [3.8, 4) is 0 Å². The lowest BCUT2D eigenvalue weighted by Crippen LogP contribution is -2.14. The van der Waals surface area contributed by atoms with Gasteiger partial charge in [-0.1, -0.05) is 41.9 Å². The fraction of sp³-hybridized carbons (Fsp3) is 0. The van der Waals surface area contributed by atoms with Crippen molar-refractivity contribution in [2.45, 2.75) is 0 Å². The second-order valence-electron chi connectivity index (χ2n) is 4.71. The summed E-state index contributed by atoms with van der Waals surface area (Å²) in [6, 6.07) is 11.7. The van der Waals surface area contributed by atoms with Crippen LogP contribution in [0.3, 0.4) is 0 Å². The van der Waals surface area contributed by atoms with E-state index < -0.39 is 11.7 Å². The summed E-state index contributed by atoms with van der Waals surface area (Å²) in [6.45, 7) is 0. The first-order valence-corrected chi connectivity index (χ1v) is 6.98. The predicted octanol–water partition coefficient (Wildman–Crippen LogP) is 3.27. The number of amides is 1. The number of primary amides is 1. The Bertz CT molecular complexity index is 928. The summed E-state index contributed by atoms with van der Waals surface area (Å²) in [5, 5.41) is 7.84. The van der Waals surface area contributed by atoms with Crippen molar-refractivity contribution in [2.24, 2.45) is 10.7 Å². The minimum absolute atomic E-state index is 0.0865. The number of carbonyl (C=O) groups excluding carboxylic acids is 1. The molecule has 0 aliphatic heterocycles. The highest BCUT2D eigenvalue weighted by Crippen LogP contribution is 2.30. The molecular weight excluding hydrogens is 319 g/mol. The fourth-order valence-electron chi connectivity index (χ4n) is 2.06. The first-order chi connectivity index (χ1) is 11.1. The Labute approximate surface area is 135 Å². The van der Waals surface area contributed by atoms with Crippen molar-refractivity contribution < 1.29 is 9.18 Å². The summed E-state index contributed by atoms with van der Waals surface area (Å²) in [5.74, 6) is -1.44. The summed E-state index contributed by atoms with van der Waals surface area (Å²) in [4.78, 5) is 15.8. The lowest BCUT2D eigenvalue weighted by Gasteiger charge is -2.06. The second kappa shape index (κ2) is 6.10. The van der Waals surface area contributed by atoms with Crippen LogP contribution < -0.4 is 5.73 Å². The largest absolute Gasteiger partial charge is 0.364 e. The van der Waals surface area contributed by atoms with Crippen LogP contribution in [0.1, 0.15) is 16.1 Å². The minimum Gasteiger partial charge on any atom is -0.364 e. The average molecular weight is 329 g/mol. The Balaban J connectivity index is 2.23. The third-order valence-electron chi connectivity index (χ3n) is 3.15.